The molecule has 12 heavy (non-hydrogen) atoms. The highest BCUT2D eigenvalue weighted by molar-refractivity contribution is 9.10. The van der Waals surface area contributed by atoms with Crippen LogP contribution in [-0.4, -0.2) is 5.91 Å². The quantitative estimate of drug-likeness (QED) is 0.791. The molecule has 0 spiro atoms. The van der Waals surface area contributed by atoms with Crippen molar-refractivity contribution in [1.29, 1.82) is 0 Å². The summed E-state index contributed by atoms with van der Waals surface area (Å²) in [5, 5.41) is 2.47. The van der Waals surface area contributed by atoms with E-state index in [4.69, 9.17) is 0 Å². The van der Waals surface area contributed by atoms with Gasteiger partial charge in [0.1, 0.15) is 5.82 Å². The van der Waals surface area contributed by atoms with E-state index in [1.165, 1.54) is 13.0 Å². The lowest BCUT2D eigenvalue weighted by Crippen LogP contribution is -2.05. The van der Waals surface area contributed by atoms with Crippen LogP contribution in [0.2, 0.25) is 0 Å². The molecule has 1 N–H and O–H groups in total. The Morgan fingerprint density at radius 2 is 2.25 bits per heavy atom. The minimum atomic E-state index is -0.388. The van der Waals surface area contributed by atoms with Gasteiger partial charge in [-0.25, -0.2) is 4.39 Å². The van der Waals surface area contributed by atoms with E-state index in [-0.39, 0.29) is 11.7 Å². The van der Waals surface area contributed by atoms with Crippen LogP contribution >= 0.6 is 15.9 Å². The summed E-state index contributed by atoms with van der Waals surface area (Å²) in [4.78, 5) is 10.6. The van der Waals surface area contributed by atoms with E-state index in [1.54, 1.807) is 12.1 Å². The summed E-state index contributed by atoms with van der Waals surface area (Å²) >= 11 is 3.01. The maximum absolute atomic E-state index is 12.8. The van der Waals surface area contributed by atoms with E-state index in [0.717, 1.165) is 0 Å². The maximum atomic E-state index is 12.8. The predicted molar refractivity (Wildman–Crippen MR) is 48.4 cm³/mol. The van der Waals surface area contributed by atoms with Gasteiger partial charge in [-0.1, -0.05) is 0 Å². The monoisotopic (exact) mass is 231 g/mol. The molecule has 0 bridgehead atoms. The highest BCUT2D eigenvalue weighted by atomic mass is 79.9. The molecule has 4 heteroatoms. The van der Waals surface area contributed by atoms with E-state index in [2.05, 4.69) is 21.2 Å². The van der Waals surface area contributed by atoms with Crippen LogP contribution in [0.4, 0.5) is 10.1 Å². The van der Waals surface area contributed by atoms with Crippen LogP contribution in [0.3, 0.4) is 0 Å². The van der Waals surface area contributed by atoms with E-state index in [9.17, 15) is 9.18 Å². The summed E-state index contributed by atoms with van der Waals surface area (Å²) in [6.45, 7) is 1.37. The van der Waals surface area contributed by atoms with Gasteiger partial charge in [-0.05, 0) is 34.1 Å². The second-order valence-corrected chi connectivity index (χ2v) is 3.16. The third kappa shape index (κ3) is 2.30. The topological polar surface area (TPSA) is 29.1 Å². The lowest BCUT2D eigenvalue weighted by atomic mass is 10.3. The summed E-state index contributed by atoms with van der Waals surface area (Å²) in [5.41, 5.74) is 0.461. The number of rotatable bonds is 1. The summed E-state index contributed by atoms with van der Waals surface area (Å²) in [5.74, 6) is -0.599. The van der Waals surface area contributed by atoms with E-state index >= 15 is 0 Å². The lowest BCUT2D eigenvalue weighted by molar-refractivity contribution is -0.114. The van der Waals surface area contributed by atoms with E-state index < -0.39 is 0 Å². The number of hydrogen-bond acceptors (Lipinski definition) is 1. The van der Waals surface area contributed by atoms with Crippen LogP contribution < -0.4 is 5.32 Å². The number of nitrogens with one attached hydrogen (secondary N) is 1. The third-order valence-corrected chi connectivity index (χ3v) is 1.88. The first-order chi connectivity index (χ1) is 5.59. The highest BCUT2D eigenvalue weighted by Crippen LogP contribution is 2.18. The fourth-order valence-electron chi connectivity index (χ4n) is 0.777. The van der Waals surface area contributed by atoms with Gasteiger partial charge < -0.3 is 5.32 Å². The number of halogens is 2. The molecule has 0 fully saturated rings. The Hall–Kier alpha value is -0.900. The van der Waals surface area contributed by atoms with Crippen molar-refractivity contribution in [3.63, 3.8) is 0 Å². The average molecular weight is 232 g/mol. The fraction of sp³-hybridized carbons (Fsp3) is 0.125. The molecule has 0 unspecified atom stereocenters. The Morgan fingerprint density at radius 1 is 1.58 bits per heavy atom. The van der Waals surface area contributed by atoms with Crippen molar-refractivity contribution in [3.8, 4) is 0 Å². The van der Waals surface area contributed by atoms with Gasteiger partial charge in [0.2, 0.25) is 5.91 Å². The molecule has 0 aliphatic rings. The molecule has 0 saturated heterocycles. The van der Waals surface area contributed by atoms with Gasteiger partial charge in [0.25, 0.3) is 0 Å². The van der Waals surface area contributed by atoms with Crippen molar-refractivity contribution in [2.75, 3.05) is 5.32 Å². The molecule has 1 rings (SSSR count). The smallest absolute Gasteiger partial charge is 0.221 e. The minimum absolute atomic E-state index is 0.211. The summed E-state index contributed by atoms with van der Waals surface area (Å²) < 4.78 is 13.2. The standard InChI is InChI=1S/C8H7BrFNO/c1-5(12)11-6-2-3-7(9)8(10)4-6/h2-4H,1H3,(H,11,12). The summed E-state index contributed by atoms with van der Waals surface area (Å²) in [6, 6.07) is 4.42. The van der Waals surface area contributed by atoms with Crippen LogP contribution in [0.25, 0.3) is 0 Å². The Balaban J connectivity index is 2.89. The third-order valence-electron chi connectivity index (χ3n) is 1.24. The molecular formula is C8H7BrFNO. The molecule has 1 aromatic rings. The molecule has 2 nitrogen and oxygen atoms in total. The first kappa shape index (κ1) is 9.19. The number of benzene rings is 1. The van der Waals surface area contributed by atoms with Crippen LogP contribution in [0.15, 0.2) is 22.7 Å². The molecule has 0 saturated carbocycles. The number of hydrogen-bond donors (Lipinski definition) is 1. The Kier molecular flexibility index (Phi) is 2.81. The van der Waals surface area contributed by atoms with Gasteiger partial charge in [0.15, 0.2) is 0 Å². The molecule has 0 radical (unpaired) electrons. The Labute approximate surface area is 77.9 Å². The predicted octanol–water partition coefficient (Wildman–Crippen LogP) is 2.55. The maximum Gasteiger partial charge on any atom is 0.221 e. The molecule has 0 aliphatic carbocycles. The highest BCUT2D eigenvalue weighted by Gasteiger charge is 2.00. The average Bonchev–Trinajstić information content (AvgIpc) is 1.96. The van der Waals surface area contributed by atoms with Gasteiger partial charge in [0.05, 0.1) is 4.47 Å². The van der Waals surface area contributed by atoms with Gasteiger partial charge in [-0.15, -0.1) is 0 Å². The SMILES string of the molecule is CC(=O)Nc1ccc(Br)c(F)c1. The first-order valence-corrected chi connectivity index (χ1v) is 4.11. The molecule has 0 heterocycles. The minimum Gasteiger partial charge on any atom is -0.326 e. The molecule has 0 atom stereocenters. The van der Waals surface area contributed by atoms with Crippen molar-refractivity contribution in [1.82, 2.24) is 0 Å². The van der Waals surface area contributed by atoms with Crippen molar-refractivity contribution in [3.05, 3.63) is 28.5 Å². The second-order valence-electron chi connectivity index (χ2n) is 2.31. The van der Waals surface area contributed by atoms with Crippen molar-refractivity contribution in [2.45, 2.75) is 6.92 Å². The van der Waals surface area contributed by atoms with Crippen LogP contribution in [0.1, 0.15) is 6.92 Å². The molecular weight excluding hydrogens is 225 g/mol. The fourth-order valence-corrected chi connectivity index (χ4v) is 1.02. The van der Waals surface area contributed by atoms with Crippen LogP contribution in [-0.2, 0) is 4.79 Å². The van der Waals surface area contributed by atoms with Gasteiger partial charge in [0, 0.05) is 12.6 Å². The van der Waals surface area contributed by atoms with Gasteiger partial charge >= 0.3 is 0 Å². The van der Waals surface area contributed by atoms with Gasteiger partial charge in [-0.2, -0.15) is 0 Å². The zero-order valence-electron chi connectivity index (χ0n) is 6.40. The molecule has 0 aliphatic heterocycles. The van der Waals surface area contributed by atoms with Gasteiger partial charge in [-0.3, -0.25) is 4.79 Å². The van der Waals surface area contributed by atoms with Crippen molar-refractivity contribution in [2.24, 2.45) is 0 Å². The molecule has 64 valence electrons. The number of anilines is 1. The zero-order chi connectivity index (χ0) is 9.14. The van der Waals surface area contributed by atoms with Crippen LogP contribution in [0, 0.1) is 5.82 Å². The summed E-state index contributed by atoms with van der Waals surface area (Å²) in [7, 11) is 0. The first-order valence-electron chi connectivity index (χ1n) is 3.32. The Morgan fingerprint density at radius 3 is 2.75 bits per heavy atom. The number of amides is 1. The lowest BCUT2D eigenvalue weighted by Gasteiger charge is -2.01. The number of carbonyl (C=O) groups is 1. The van der Waals surface area contributed by atoms with E-state index in [0.29, 0.717) is 10.2 Å². The summed E-state index contributed by atoms with van der Waals surface area (Å²) in [6.07, 6.45) is 0. The van der Waals surface area contributed by atoms with Crippen molar-refractivity contribution >= 4 is 27.5 Å². The second kappa shape index (κ2) is 3.67. The van der Waals surface area contributed by atoms with Crippen LogP contribution in [0.5, 0.6) is 0 Å². The molecule has 0 aromatic heterocycles. The molecule has 1 amide bonds. The largest absolute Gasteiger partial charge is 0.326 e. The molecule has 1 aromatic carbocycles. The normalized spacial score (nSPS) is 9.58. The number of carbonyl (C=O) groups excluding carboxylic acids is 1. The van der Waals surface area contributed by atoms with E-state index in [1.807, 2.05) is 0 Å². The van der Waals surface area contributed by atoms with Crippen molar-refractivity contribution < 1.29 is 9.18 Å². The zero-order valence-corrected chi connectivity index (χ0v) is 7.98. The Bertz CT molecular complexity index is 314.